The van der Waals surface area contributed by atoms with E-state index in [0.29, 0.717) is 3.92 Å². The van der Waals surface area contributed by atoms with Crippen LogP contribution in [-0.4, -0.2) is 15.1 Å². The third-order valence-corrected chi connectivity index (χ3v) is 3.02. The molecule has 0 radical (unpaired) electrons. The molecular formula is C8H17IO. The topological polar surface area (TPSA) is 20.2 Å². The summed E-state index contributed by atoms with van der Waals surface area (Å²) in [4.78, 5) is 0. The lowest BCUT2D eigenvalue weighted by atomic mass is 10.1. The molecular weight excluding hydrogens is 239 g/mol. The Morgan fingerprint density at radius 2 is 1.70 bits per heavy atom. The minimum atomic E-state index is -0.0782. The van der Waals surface area contributed by atoms with Gasteiger partial charge in [0.1, 0.15) is 0 Å². The molecule has 0 aliphatic rings. The molecule has 1 nitrogen and oxygen atoms in total. The van der Waals surface area contributed by atoms with Gasteiger partial charge in [0.05, 0.1) is 6.10 Å². The van der Waals surface area contributed by atoms with Crippen LogP contribution < -0.4 is 0 Å². The van der Waals surface area contributed by atoms with Gasteiger partial charge in [0.2, 0.25) is 0 Å². The van der Waals surface area contributed by atoms with Gasteiger partial charge in [0.15, 0.2) is 0 Å². The quantitative estimate of drug-likeness (QED) is 0.592. The molecule has 0 saturated heterocycles. The van der Waals surface area contributed by atoms with Crippen molar-refractivity contribution in [2.24, 2.45) is 0 Å². The van der Waals surface area contributed by atoms with Gasteiger partial charge >= 0.3 is 0 Å². The van der Waals surface area contributed by atoms with Gasteiger partial charge < -0.3 is 5.11 Å². The van der Waals surface area contributed by atoms with Crippen molar-refractivity contribution in [2.75, 3.05) is 0 Å². The van der Waals surface area contributed by atoms with Gasteiger partial charge in [-0.1, -0.05) is 49.3 Å². The number of aliphatic hydroxyl groups is 1. The van der Waals surface area contributed by atoms with Gasteiger partial charge in [0.25, 0.3) is 0 Å². The summed E-state index contributed by atoms with van der Waals surface area (Å²) in [5.74, 6) is 0. The van der Waals surface area contributed by atoms with Crippen LogP contribution in [0.2, 0.25) is 0 Å². The van der Waals surface area contributed by atoms with Gasteiger partial charge in [0, 0.05) is 3.92 Å². The fraction of sp³-hybridized carbons (Fsp3) is 1.00. The van der Waals surface area contributed by atoms with Crippen molar-refractivity contribution >= 4 is 22.6 Å². The van der Waals surface area contributed by atoms with Crippen LogP contribution in [0.1, 0.15) is 39.5 Å². The van der Waals surface area contributed by atoms with E-state index in [1.165, 1.54) is 6.42 Å². The molecule has 0 rings (SSSR count). The number of halogens is 1. The molecule has 0 fully saturated rings. The first-order chi connectivity index (χ1) is 4.72. The molecule has 10 heavy (non-hydrogen) atoms. The van der Waals surface area contributed by atoms with Crippen molar-refractivity contribution in [1.82, 2.24) is 0 Å². The largest absolute Gasteiger partial charge is 0.392 e. The van der Waals surface area contributed by atoms with Crippen LogP contribution in [0.25, 0.3) is 0 Å². The molecule has 2 atom stereocenters. The summed E-state index contributed by atoms with van der Waals surface area (Å²) in [5.41, 5.74) is 0. The standard InChI is InChI=1S/C8H17IO/c1-3-5-7(9)8(10)6-4-2/h7-8,10H,3-6H2,1-2H3/t7-,8+/m1/s1. The molecule has 0 unspecified atom stereocenters. The lowest BCUT2D eigenvalue weighted by molar-refractivity contribution is 0.161. The van der Waals surface area contributed by atoms with Crippen LogP contribution in [0.4, 0.5) is 0 Å². The van der Waals surface area contributed by atoms with Crippen LogP contribution in [-0.2, 0) is 0 Å². The molecule has 0 amide bonds. The minimum absolute atomic E-state index is 0.0782. The second kappa shape index (κ2) is 6.40. The summed E-state index contributed by atoms with van der Waals surface area (Å²) in [6.07, 6.45) is 4.28. The maximum Gasteiger partial charge on any atom is 0.0657 e. The van der Waals surface area contributed by atoms with Crippen LogP contribution in [0.3, 0.4) is 0 Å². The summed E-state index contributed by atoms with van der Waals surface area (Å²) in [6, 6.07) is 0. The number of rotatable bonds is 5. The summed E-state index contributed by atoms with van der Waals surface area (Å²) < 4.78 is 0.461. The lowest BCUT2D eigenvalue weighted by Gasteiger charge is -2.14. The molecule has 0 aromatic rings. The zero-order valence-electron chi connectivity index (χ0n) is 6.81. The van der Waals surface area contributed by atoms with Gasteiger partial charge in [-0.2, -0.15) is 0 Å². The average Bonchev–Trinajstić information content (AvgIpc) is 1.89. The molecule has 0 bridgehead atoms. The molecule has 0 aromatic carbocycles. The van der Waals surface area contributed by atoms with Crippen molar-refractivity contribution < 1.29 is 5.11 Å². The third kappa shape index (κ3) is 4.50. The predicted molar refractivity (Wildman–Crippen MR) is 53.6 cm³/mol. The molecule has 0 saturated carbocycles. The average molecular weight is 256 g/mol. The Morgan fingerprint density at radius 3 is 2.10 bits per heavy atom. The molecule has 62 valence electrons. The number of aliphatic hydroxyl groups excluding tert-OH is 1. The Balaban J connectivity index is 3.38. The number of alkyl halides is 1. The normalized spacial score (nSPS) is 16.8. The highest BCUT2D eigenvalue weighted by atomic mass is 127. The molecule has 0 heterocycles. The zero-order chi connectivity index (χ0) is 7.98. The monoisotopic (exact) mass is 256 g/mol. The first-order valence-electron chi connectivity index (χ1n) is 4.04. The fourth-order valence-corrected chi connectivity index (χ4v) is 1.93. The van der Waals surface area contributed by atoms with Gasteiger partial charge in [-0.25, -0.2) is 0 Å². The maximum atomic E-state index is 9.44. The van der Waals surface area contributed by atoms with E-state index in [2.05, 4.69) is 36.4 Å². The summed E-state index contributed by atoms with van der Waals surface area (Å²) in [6.45, 7) is 4.27. The van der Waals surface area contributed by atoms with Gasteiger partial charge in [-0.3, -0.25) is 0 Å². The minimum Gasteiger partial charge on any atom is -0.392 e. The summed E-state index contributed by atoms with van der Waals surface area (Å²) in [5, 5.41) is 9.44. The van der Waals surface area contributed by atoms with Gasteiger partial charge in [-0.15, -0.1) is 0 Å². The van der Waals surface area contributed by atoms with Crippen molar-refractivity contribution in [3.8, 4) is 0 Å². The lowest BCUT2D eigenvalue weighted by Crippen LogP contribution is -2.19. The van der Waals surface area contributed by atoms with E-state index in [0.717, 1.165) is 19.3 Å². The summed E-state index contributed by atoms with van der Waals surface area (Å²) in [7, 11) is 0. The summed E-state index contributed by atoms with van der Waals surface area (Å²) >= 11 is 2.34. The Labute approximate surface area is 77.3 Å². The van der Waals surface area contributed by atoms with E-state index < -0.39 is 0 Å². The zero-order valence-corrected chi connectivity index (χ0v) is 8.97. The second-order valence-corrected chi connectivity index (χ2v) is 4.26. The van der Waals surface area contributed by atoms with Crippen molar-refractivity contribution in [2.45, 2.75) is 49.6 Å². The van der Waals surface area contributed by atoms with E-state index in [-0.39, 0.29) is 6.10 Å². The highest BCUT2D eigenvalue weighted by Crippen LogP contribution is 2.16. The van der Waals surface area contributed by atoms with E-state index >= 15 is 0 Å². The van der Waals surface area contributed by atoms with Crippen LogP contribution in [0.15, 0.2) is 0 Å². The van der Waals surface area contributed by atoms with Crippen molar-refractivity contribution in [3.05, 3.63) is 0 Å². The predicted octanol–water partition coefficient (Wildman–Crippen LogP) is 2.75. The van der Waals surface area contributed by atoms with E-state index in [4.69, 9.17) is 0 Å². The Bertz CT molecular complexity index is 65.7. The van der Waals surface area contributed by atoms with Crippen molar-refractivity contribution in [1.29, 1.82) is 0 Å². The first kappa shape index (κ1) is 10.7. The molecule has 0 aliphatic heterocycles. The molecule has 1 N–H and O–H groups in total. The highest BCUT2D eigenvalue weighted by Gasteiger charge is 2.12. The third-order valence-electron chi connectivity index (χ3n) is 1.57. The maximum absolute atomic E-state index is 9.44. The Hall–Kier alpha value is 0.690. The van der Waals surface area contributed by atoms with E-state index in [9.17, 15) is 5.11 Å². The Kier molecular flexibility index (Phi) is 6.85. The molecule has 2 heteroatoms. The second-order valence-electron chi connectivity index (χ2n) is 2.66. The van der Waals surface area contributed by atoms with Gasteiger partial charge in [-0.05, 0) is 12.8 Å². The smallest absolute Gasteiger partial charge is 0.0657 e. The highest BCUT2D eigenvalue weighted by molar-refractivity contribution is 14.1. The number of hydrogen-bond donors (Lipinski definition) is 1. The van der Waals surface area contributed by atoms with Crippen molar-refractivity contribution in [3.63, 3.8) is 0 Å². The van der Waals surface area contributed by atoms with Crippen LogP contribution in [0, 0.1) is 0 Å². The fourth-order valence-electron chi connectivity index (χ4n) is 0.945. The molecule has 0 spiro atoms. The molecule has 0 aliphatic carbocycles. The number of hydrogen-bond acceptors (Lipinski definition) is 1. The van der Waals surface area contributed by atoms with Crippen LogP contribution >= 0.6 is 22.6 Å². The van der Waals surface area contributed by atoms with E-state index in [1.54, 1.807) is 0 Å². The van der Waals surface area contributed by atoms with E-state index in [1.807, 2.05) is 0 Å². The SMILES string of the molecule is CCC[C@@H](I)[C@@H](O)CCC. The first-order valence-corrected chi connectivity index (χ1v) is 5.29. The Morgan fingerprint density at radius 1 is 1.20 bits per heavy atom. The van der Waals surface area contributed by atoms with Crippen LogP contribution in [0.5, 0.6) is 0 Å². The molecule has 0 aromatic heterocycles.